The van der Waals surface area contributed by atoms with Crippen LogP contribution in [0.2, 0.25) is 0 Å². The lowest BCUT2D eigenvalue weighted by molar-refractivity contribution is -0.136. The number of benzene rings is 2. The first kappa shape index (κ1) is 25.8. The SMILES string of the molecule is CN(C)CCN1C(=O)N[C@@](CCc2ccccc2)(C2CCN(C(=O)Cc3ccccc3F)CC2)C1=O. The summed E-state index contributed by atoms with van der Waals surface area (Å²) in [5.41, 5.74) is 0.516. The van der Waals surface area contributed by atoms with E-state index >= 15 is 0 Å². The van der Waals surface area contributed by atoms with Crippen molar-refractivity contribution in [3.8, 4) is 0 Å². The summed E-state index contributed by atoms with van der Waals surface area (Å²) in [6, 6.07) is 16.0. The standard InChI is InChI=1S/C28H35FN4O3/c1-31(2)18-19-33-26(35)28(30-27(33)36,15-12-21-8-4-3-5-9-21)23-13-16-32(17-14-23)25(34)20-22-10-6-7-11-24(22)29/h3-11,23H,12-20H2,1-2H3,(H,30,36)/t28-/m0/s1. The molecule has 2 aromatic carbocycles. The number of nitrogens with one attached hydrogen (secondary N) is 1. The number of carbonyl (C=O) groups excluding carboxylic acids is 3. The molecule has 0 aromatic heterocycles. The highest BCUT2D eigenvalue weighted by molar-refractivity contribution is 6.07. The molecule has 1 N–H and O–H groups in total. The minimum Gasteiger partial charge on any atom is -0.342 e. The van der Waals surface area contributed by atoms with Crippen molar-refractivity contribution in [3.05, 3.63) is 71.5 Å². The van der Waals surface area contributed by atoms with E-state index in [0.29, 0.717) is 57.4 Å². The van der Waals surface area contributed by atoms with E-state index < -0.39 is 5.54 Å². The van der Waals surface area contributed by atoms with Crippen LogP contribution in [0.1, 0.15) is 30.4 Å². The fourth-order valence-electron chi connectivity index (χ4n) is 5.32. The van der Waals surface area contributed by atoms with Gasteiger partial charge in [0, 0.05) is 26.2 Å². The number of halogens is 1. The van der Waals surface area contributed by atoms with Crippen molar-refractivity contribution in [3.63, 3.8) is 0 Å². The molecule has 4 amide bonds. The van der Waals surface area contributed by atoms with Gasteiger partial charge in [0.1, 0.15) is 11.4 Å². The van der Waals surface area contributed by atoms with Gasteiger partial charge < -0.3 is 15.1 Å². The lowest BCUT2D eigenvalue weighted by Gasteiger charge is -2.41. The maximum atomic E-state index is 14.0. The van der Waals surface area contributed by atoms with E-state index in [2.05, 4.69) is 5.32 Å². The molecule has 0 bridgehead atoms. The third-order valence-electron chi connectivity index (χ3n) is 7.47. The smallest absolute Gasteiger partial charge is 0.325 e. The molecule has 0 radical (unpaired) electrons. The van der Waals surface area contributed by atoms with Crippen LogP contribution in [0, 0.1) is 11.7 Å². The zero-order chi connectivity index (χ0) is 25.7. The average molecular weight is 495 g/mol. The number of imide groups is 1. The highest BCUT2D eigenvalue weighted by Crippen LogP contribution is 2.37. The number of piperidine rings is 1. The maximum absolute atomic E-state index is 14.0. The van der Waals surface area contributed by atoms with Crippen LogP contribution >= 0.6 is 0 Å². The zero-order valence-corrected chi connectivity index (χ0v) is 21.1. The topological polar surface area (TPSA) is 73.0 Å². The Morgan fingerprint density at radius 3 is 2.39 bits per heavy atom. The number of urea groups is 1. The normalized spacial score (nSPS) is 20.8. The first-order valence-electron chi connectivity index (χ1n) is 12.6. The van der Waals surface area contributed by atoms with Crippen LogP contribution in [0.3, 0.4) is 0 Å². The number of hydrogen-bond donors (Lipinski definition) is 1. The molecule has 2 aliphatic rings. The molecule has 2 heterocycles. The van der Waals surface area contributed by atoms with E-state index in [4.69, 9.17) is 0 Å². The van der Waals surface area contributed by atoms with Gasteiger partial charge in [-0.15, -0.1) is 0 Å². The summed E-state index contributed by atoms with van der Waals surface area (Å²) in [5, 5.41) is 3.09. The molecule has 7 nitrogen and oxygen atoms in total. The van der Waals surface area contributed by atoms with Gasteiger partial charge in [0.25, 0.3) is 5.91 Å². The van der Waals surface area contributed by atoms with E-state index in [1.54, 1.807) is 23.1 Å². The lowest BCUT2D eigenvalue weighted by atomic mass is 9.74. The maximum Gasteiger partial charge on any atom is 0.325 e. The van der Waals surface area contributed by atoms with Gasteiger partial charge in [-0.3, -0.25) is 14.5 Å². The van der Waals surface area contributed by atoms with Crippen LogP contribution < -0.4 is 5.32 Å². The molecule has 8 heteroatoms. The Labute approximate surface area is 212 Å². The van der Waals surface area contributed by atoms with Crippen molar-refractivity contribution in [2.75, 3.05) is 40.3 Å². The number of carbonyl (C=O) groups is 3. The van der Waals surface area contributed by atoms with E-state index in [1.165, 1.54) is 11.0 Å². The second kappa shape index (κ2) is 11.2. The van der Waals surface area contributed by atoms with Crippen molar-refractivity contribution in [2.45, 2.75) is 37.6 Å². The molecule has 36 heavy (non-hydrogen) atoms. The fourth-order valence-corrected chi connectivity index (χ4v) is 5.32. The first-order chi connectivity index (χ1) is 17.3. The molecule has 2 fully saturated rings. The van der Waals surface area contributed by atoms with Gasteiger partial charge in [-0.2, -0.15) is 0 Å². The third kappa shape index (κ3) is 5.59. The van der Waals surface area contributed by atoms with Crippen molar-refractivity contribution in [2.24, 2.45) is 5.92 Å². The van der Waals surface area contributed by atoms with E-state index in [9.17, 15) is 18.8 Å². The number of aryl methyl sites for hydroxylation is 1. The average Bonchev–Trinajstić information content (AvgIpc) is 3.13. The van der Waals surface area contributed by atoms with Gasteiger partial charge >= 0.3 is 6.03 Å². The Balaban J connectivity index is 1.47. The van der Waals surface area contributed by atoms with Gasteiger partial charge in [0.15, 0.2) is 0 Å². The molecular formula is C28H35FN4O3. The lowest BCUT2D eigenvalue weighted by Crippen LogP contribution is -2.57. The minimum absolute atomic E-state index is 0.0183. The van der Waals surface area contributed by atoms with E-state index in [-0.39, 0.29) is 36.0 Å². The molecule has 192 valence electrons. The van der Waals surface area contributed by atoms with Crippen LogP contribution in [-0.2, 0) is 22.4 Å². The Hall–Kier alpha value is -3.26. The predicted molar refractivity (Wildman–Crippen MR) is 136 cm³/mol. The molecule has 2 saturated heterocycles. The van der Waals surface area contributed by atoms with Crippen LogP contribution in [0.15, 0.2) is 54.6 Å². The second-order valence-corrected chi connectivity index (χ2v) is 10.1. The van der Waals surface area contributed by atoms with E-state index in [1.807, 2.05) is 49.3 Å². The number of amides is 4. The van der Waals surface area contributed by atoms with E-state index in [0.717, 1.165) is 5.56 Å². The van der Waals surface area contributed by atoms with Crippen LogP contribution in [0.25, 0.3) is 0 Å². The highest BCUT2D eigenvalue weighted by atomic mass is 19.1. The summed E-state index contributed by atoms with van der Waals surface area (Å²) < 4.78 is 14.0. The Bertz CT molecular complexity index is 1090. The van der Waals surface area contributed by atoms with Crippen molar-refractivity contribution in [1.82, 2.24) is 20.0 Å². The molecule has 1 atom stereocenters. The van der Waals surface area contributed by atoms with Crippen molar-refractivity contribution >= 4 is 17.8 Å². The molecule has 0 unspecified atom stereocenters. The molecule has 0 aliphatic carbocycles. The summed E-state index contributed by atoms with van der Waals surface area (Å²) in [6.45, 7) is 1.89. The number of nitrogens with zero attached hydrogens (tertiary/aromatic N) is 3. The molecule has 2 aromatic rings. The largest absolute Gasteiger partial charge is 0.342 e. The Morgan fingerprint density at radius 2 is 1.72 bits per heavy atom. The Morgan fingerprint density at radius 1 is 1.06 bits per heavy atom. The summed E-state index contributed by atoms with van der Waals surface area (Å²) in [7, 11) is 3.82. The van der Waals surface area contributed by atoms with Gasteiger partial charge in [-0.25, -0.2) is 9.18 Å². The van der Waals surface area contributed by atoms with Crippen LogP contribution in [0.4, 0.5) is 9.18 Å². The van der Waals surface area contributed by atoms with Gasteiger partial charge in [0.05, 0.1) is 6.42 Å². The monoisotopic (exact) mass is 494 g/mol. The van der Waals surface area contributed by atoms with Crippen LogP contribution in [-0.4, -0.2) is 78.4 Å². The summed E-state index contributed by atoms with van der Waals surface area (Å²) in [6.07, 6.45) is 2.40. The summed E-state index contributed by atoms with van der Waals surface area (Å²) in [5.74, 6) is -0.745. The second-order valence-electron chi connectivity index (χ2n) is 10.1. The van der Waals surface area contributed by atoms with Crippen molar-refractivity contribution in [1.29, 1.82) is 0 Å². The predicted octanol–water partition coefficient (Wildman–Crippen LogP) is 3.09. The molecule has 0 spiro atoms. The molecular weight excluding hydrogens is 459 g/mol. The molecule has 4 rings (SSSR count). The number of likely N-dealkylation sites (tertiary alicyclic amines) is 1. The van der Waals surface area contributed by atoms with Gasteiger partial charge in [-0.05, 0) is 62.9 Å². The van der Waals surface area contributed by atoms with Gasteiger partial charge in [0.2, 0.25) is 5.91 Å². The number of rotatable bonds is 9. The number of hydrogen-bond acceptors (Lipinski definition) is 4. The highest BCUT2D eigenvalue weighted by Gasteiger charge is 2.55. The van der Waals surface area contributed by atoms with Crippen LogP contribution in [0.5, 0.6) is 0 Å². The Kier molecular flexibility index (Phi) is 8.04. The molecule has 2 aliphatic heterocycles. The first-order valence-corrected chi connectivity index (χ1v) is 12.6. The third-order valence-corrected chi connectivity index (χ3v) is 7.47. The minimum atomic E-state index is -0.986. The summed E-state index contributed by atoms with van der Waals surface area (Å²) in [4.78, 5) is 44.6. The van der Waals surface area contributed by atoms with Crippen molar-refractivity contribution < 1.29 is 18.8 Å². The number of likely N-dealkylation sites (N-methyl/N-ethyl adjacent to an activating group) is 1. The zero-order valence-electron chi connectivity index (χ0n) is 21.1. The summed E-state index contributed by atoms with van der Waals surface area (Å²) >= 11 is 0. The quantitative estimate of drug-likeness (QED) is 0.544. The van der Waals surface area contributed by atoms with Gasteiger partial charge in [-0.1, -0.05) is 48.5 Å². The molecule has 0 saturated carbocycles. The fraction of sp³-hybridized carbons (Fsp3) is 0.464.